The van der Waals surface area contributed by atoms with Crippen molar-refractivity contribution in [3.05, 3.63) is 35.4 Å². The Balaban J connectivity index is 1.75. The summed E-state index contributed by atoms with van der Waals surface area (Å²) in [5.74, 6) is 0. The van der Waals surface area contributed by atoms with Crippen molar-refractivity contribution in [3.8, 4) is 0 Å². The molecule has 0 unspecified atom stereocenters. The monoisotopic (exact) mass is 381 g/mol. The summed E-state index contributed by atoms with van der Waals surface area (Å²) in [7, 11) is -3.35. The van der Waals surface area contributed by atoms with Gasteiger partial charge in [0.15, 0.2) is 0 Å². The lowest BCUT2D eigenvalue weighted by Gasteiger charge is -2.29. The second-order valence-corrected chi connectivity index (χ2v) is 8.91. The van der Waals surface area contributed by atoms with Gasteiger partial charge in [0.05, 0.1) is 0 Å². The summed E-state index contributed by atoms with van der Waals surface area (Å²) in [6.45, 7) is 8.90. The van der Waals surface area contributed by atoms with Crippen molar-refractivity contribution in [2.75, 3.05) is 32.7 Å². The summed E-state index contributed by atoms with van der Waals surface area (Å²) in [5, 5.41) is 0. The van der Waals surface area contributed by atoms with Crippen LogP contribution in [-0.2, 0) is 23.2 Å². The highest BCUT2D eigenvalue weighted by molar-refractivity contribution is 7.87. The molecule has 1 aliphatic rings. The molecule has 5 nitrogen and oxygen atoms in total. The normalized spacial score (nSPS) is 15.3. The number of nitrogens with one attached hydrogen (secondary N) is 1. The summed E-state index contributed by atoms with van der Waals surface area (Å²) in [6.07, 6.45) is 5.78. The van der Waals surface area contributed by atoms with Crippen molar-refractivity contribution in [1.82, 2.24) is 13.9 Å². The van der Waals surface area contributed by atoms with Crippen molar-refractivity contribution in [3.63, 3.8) is 0 Å². The summed E-state index contributed by atoms with van der Waals surface area (Å²) >= 11 is 0. The van der Waals surface area contributed by atoms with Gasteiger partial charge in [-0.3, -0.25) is 4.90 Å². The number of benzene rings is 1. The first-order valence-corrected chi connectivity index (χ1v) is 11.5. The topological polar surface area (TPSA) is 52.7 Å². The van der Waals surface area contributed by atoms with Crippen molar-refractivity contribution in [2.24, 2.45) is 0 Å². The van der Waals surface area contributed by atoms with Crippen LogP contribution in [0.5, 0.6) is 0 Å². The zero-order chi connectivity index (χ0) is 18.8. The van der Waals surface area contributed by atoms with E-state index in [1.54, 1.807) is 4.31 Å². The molecule has 0 saturated carbocycles. The van der Waals surface area contributed by atoms with E-state index in [9.17, 15) is 8.42 Å². The van der Waals surface area contributed by atoms with Crippen molar-refractivity contribution < 1.29 is 8.42 Å². The first kappa shape index (κ1) is 21.4. The maximum Gasteiger partial charge on any atom is 0.279 e. The molecule has 0 amide bonds. The van der Waals surface area contributed by atoms with Crippen LogP contribution in [0.1, 0.15) is 57.1 Å². The van der Waals surface area contributed by atoms with E-state index < -0.39 is 10.2 Å². The van der Waals surface area contributed by atoms with Crippen LogP contribution in [0.25, 0.3) is 0 Å². The Labute approximate surface area is 160 Å². The highest BCUT2D eigenvalue weighted by Crippen LogP contribution is 2.18. The zero-order valence-corrected chi connectivity index (χ0v) is 17.2. The van der Waals surface area contributed by atoms with E-state index in [1.165, 1.54) is 11.1 Å². The molecule has 0 aliphatic carbocycles. The molecule has 0 saturated heterocycles. The van der Waals surface area contributed by atoms with Gasteiger partial charge in [0.1, 0.15) is 0 Å². The number of nitrogens with zero attached hydrogens (tertiary/aromatic N) is 2. The lowest BCUT2D eigenvalue weighted by atomic mass is 10.00. The lowest BCUT2D eigenvalue weighted by molar-refractivity contribution is 0.251. The van der Waals surface area contributed by atoms with Gasteiger partial charge in [-0.2, -0.15) is 12.7 Å². The number of rotatable bonds is 12. The van der Waals surface area contributed by atoms with Crippen molar-refractivity contribution in [1.29, 1.82) is 0 Å². The second-order valence-electron chi connectivity index (χ2n) is 7.15. The molecule has 1 aliphatic heterocycles. The standard InChI is InChI=1S/C20H35N3O2S/c1-3-5-15-23(16-6-4-2)26(24,25)21-13-9-14-22-17-12-19-10-7-8-11-20(19)18-22/h7-8,10-11,21H,3-6,9,12-18H2,1-2H3. The van der Waals surface area contributed by atoms with Gasteiger partial charge in [0, 0.05) is 32.7 Å². The Hall–Kier alpha value is -0.950. The smallest absolute Gasteiger partial charge is 0.279 e. The Morgan fingerprint density at radius 2 is 1.69 bits per heavy atom. The largest absolute Gasteiger partial charge is 0.299 e. The summed E-state index contributed by atoms with van der Waals surface area (Å²) < 4.78 is 29.5. The average molecular weight is 382 g/mol. The minimum Gasteiger partial charge on any atom is -0.299 e. The Kier molecular flexibility index (Phi) is 9.05. The van der Waals surface area contributed by atoms with Crippen LogP contribution in [0.3, 0.4) is 0 Å². The van der Waals surface area contributed by atoms with E-state index >= 15 is 0 Å². The fourth-order valence-corrected chi connectivity index (χ4v) is 4.68. The first-order chi connectivity index (χ1) is 12.6. The SMILES string of the molecule is CCCCN(CCCC)S(=O)(=O)NCCCN1CCc2ccccc2C1. The van der Waals surface area contributed by atoms with E-state index in [1.807, 2.05) is 0 Å². The molecule has 0 fully saturated rings. The van der Waals surface area contributed by atoms with Gasteiger partial charge >= 0.3 is 0 Å². The molecule has 26 heavy (non-hydrogen) atoms. The van der Waals surface area contributed by atoms with Crippen LogP contribution in [0, 0.1) is 0 Å². The van der Waals surface area contributed by atoms with E-state index in [0.717, 1.165) is 58.2 Å². The molecule has 0 radical (unpaired) electrons. The molecule has 1 aromatic carbocycles. The highest BCUT2D eigenvalue weighted by Gasteiger charge is 2.20. The number of unbranched alkanes of at least 4 members (excludes halogenated alkanes) is 2. The fourth-order valence-electron chi connectivity index (χ4n) is 3.36. The number of fused-ring (bicyclic) bond motifs is 1. The molecule has 0 aromatic heterocycles. The second kappa shape index (κ2) is 11.0. The molecular formula is C20H35N3O2S. The third kappa shape index (κ3) is 6.65. The molecule has 6 heteroatoms. The predicted molar refractivity (Wildman–Crippen MR) is 108 cm³/mol. The summed E-state index contributed by atoms with van der Waals surface area (Å²) in [6, 6.07) is 8.61. The van der Waals surface area contributed by atoms with E-state index in [4.69, 9.17) is 0 Å². The minimum absolute atomic E-state index is 0.509. The maximum atomic E-state index is 12.6. The first-order valence-electron chi connectivity index (χ1n) is 10.1. The van der Waals surface area contributed by atoms with Crippen molar-refractivity contribution in [2.45, 2.75) is 58.9 Å². The van der Waals surface area contributed by atoms with Crippen LogP contribution in [0.2, 0.25) is 0 Å². The molecule has 1 aromatic rings. The quantitative estimate of drug-likeness (QED) is 0.566. The van der Waals surface area contributed by atoms with Crippen LogP contribution in [0.15, 0.2) is 24.3 Å². The van der Waals surface area contributed by atoms with Crippen LogP contribution < -0.4 is 4.72 Å². The summed E-state index contributed by atoms with van der Waals surface area (Å²) in [5.41, 5.74) is 2.86. The van der Waals surface area contributed by atoms with Crippen LogP contribution in [-0.4, -0.2) is 50.3 Å². The predicted octanol–water partition coefficient (Wildman–Crippen LogP) is 3.17. The van der Waals surface area contributed by atoms with Gasteiger partial charge in [-0.25, -0.2) is 4.72 Å². The van der Waals surface area contributed by atoms with E-state index in [0.29, 0.717) is 19.6 Å². The van der Waals surface area contributed by atoms with E-state index in [2.05, 4.69) is 47.7 Å². The molecular weight excluding hydrogens is 346 g/mol. The fraction of sp³-hybridized carbons (Fsp3) is 0.700. The highest BCUT2D eigenvalue weighted by atomic mass is 32.2. The molecule has 1 heterocycles. The van der Waals surface area contributed by atoms with Crippen LogP contribution >= 0.6 is 0 Å². The van der Waals surface area contributed by atoms with Gasteiger partial charge in [-0.05, 0) is 43.4 Å². The maximum absolute atomic E-state index is 12.6. The molecule has 148 valence electrons. The van der Waals surface area contributed by atoms with Gasteiger partial charge in [-0.15, -0.1) is 0 Å². The zero-order valence-electron chi connectivity index (χ0n) is 16.4. The third-order valence-electron chi connectivity index (χ3n) is 5.01. The van der Waals surface area contributed by atoms with Gasteiger partial charge in [-0.1, -0.05) is 51.0 Å². The Morgan fingerprint density at radius 1 is 1.04 bits per heavy atom. The number of hydrogen-bond acceptors (Lipinski definition) is 3. The minimum atomic E-state index is -3.35. The van der Waals surface area contributed by atoms with E-state index in [-0.39, 0.29) is 0 Å². The van der Waals surface area contributed by atoms with Crippen molar-refractivity contribution >= 4 is 10.2 Å². The molecule has 0 spiro atoms. The summed E-state index contributed by atoms with van der Waals surface area (Å²) in [4.78, 5) is 2.42. The third-order valence-corrected chi connectivity index (χ3v) is 6.62. The average Bonchev–Trinajstić information content (AvgIpc) is 2.65. The van der Waals surface area contributed by atoms with Gasteiger partial charge in [0.25, 0.3) is 10.2 Å². The van der Waals surface area contributed by atoms with Gasteiger partial charge in [0.2, 0.25) is 0 Å². The van der Waals surface area contributed by atoms with Crippen LogP contribution in [0.4, 0.5) is 0 Å². The Morgan fingerprint density at radius 3 is 2.35 bits per heavy atom. The molecule has 1 N–H and O–H groups in total. The molecule has 2 rings (SSSR count). The molecule has 0 bridgehead atoms. The number of hydrogen-bond donors (Lipinski definition) is 1. The van der Waals surface area contributed by atoms with Gasteiger partial charge < -0.3 is 0 Å². The Bertz CT molecular complexity index is 626. The lowest BCUT2D eigenvalue weighted by Crippen LogP contribution is -2.42. The molecule has 0 atom stereocenters.